The Hall–Kier alpha value is -2.76. The van der Waals surface area contributed by atoms with Crippen LogP contribution in [0.15, 0.2) is 36.4 Å². The maximum Gasteiger partial charge on any atom is 0.292 e. The van der Waals surface area contributed by atoms with E-state index in [-0.39, 0.29) is 11.4 Å². The largest absolute Gasteiger partial charge is 0.398 e. The van der Waals surface area contributed by atoms with Gasteiger partial charge in [-0.25, -0.2) is 0 Å². The van der Waals surface area contributed by atoms with Crippen molar-refractivity contribution < 1.29 is 4.92 Å². The van der Waals surface area contributed by atoms with Gasteiger partial charge in [0.1, 0.15) is 5.69 Å². The van der Waals surface area contributed by atoms with Crippen LogP contribution in [0.5, 0.6) is 0 Å². The predicted molar refractivity (Wildman–Crippen MR) is 83.1 cm³/mol. The van der Waals surface area contributed by atoms with Crippen LogP contribution < -0.4 is 16.4 Å². The SMILES string of the molecule is Nc1cc(N2CCc3cccc(N)c3C2)ccc1[N+](=O)[O-]. The molecule has 0 atom stereocenters. The molecule has 108 valence electrons. The normalized spacial score (nSPS) is 13.8. The molecule has 0 fully saturated rings. The molecule has 21 heavy (non-hydrogen) atoms. The lowest BCUT2D eigenvalue weighted by atomic mass is 9.97. The van der Waals surface area contributed by atoms with Gasteiger partial charge < -0.3 is 16.4 Å². The van der Waals surface area contributed by atoms with Crippen LogP contribution in [0.25, 0.3) is 0 Å². The van der Waals surface area contributed by atoms with Gasteiger partial charge in [0.15, 0.2) is 0 Å². The molecule has 1 aliphatic rings. The van der Waals surface area contributed by atoms with Crippen LogP contribution in [0.2, 0.25) is 0 Å². The Labute approximate surface area is 122 Å². The molecule has 0 aliphatic carbocycles. The van der Waals surface area contributed by atoms with Gasteiger partial charge in [0.25, 0.3) is 5.69 Å². The summed E-state index contributed by atoms with van der Waals surface area (Å²) in [5.41, 5.74) is 16.0. The van der Waals surface area contributed by atoms with Crippen LogP contribution in [0, 0.1) is 10.1 Å². The van der Waals surface area contributed by atoms with Crippen molar-refractivity contribution in [3.05, 3.63) is 57.6 Å². The molecule has 0 spiro atoms. The first-order chi connectivity index (χ1) is 10.1. The highest BCUT2D eigenvalue weighted by atomic mass is 16.6. The lowest BCUT2D eigenvalue weighted by Crippen LogP contribution is -2.31. The number of hydrogen-bond acceptors (Lipinski definition) is 5. The fourth-order valence-corrected chi connectivity index (χ4v) is 2.73. The second-order valence-electron chi connectivity index (χ2n) is 5.16. The molecule has 4 N–H and O–H groups in total. The molecule has 1 aliphatic heterocycles. The Bertz CT molecular complexity index is 715. The summed E-state index contributed by atoms with van der Waals surface area (Å²) in [7, 11) is 0. The fourth-order valence-electron chi connectivity index (χ4n) is 2.73. The van der Waals surface area contributed by atoms with Gasteiger partial charge in [-0.15, -0.1) is 0 Å². The Balaban J connectivity index is 1.91. The smallest absolute Gasteiger partial charge is 0.292 e. The molecule has 2 aromatic carbocycles. The Morgan fingerprint density at radius 3 is 2.67 bits per heavy atom. The third kappa shape index (κ3) is 2.35. The summed E-state index contributed by atoms with van der Waals surface area (Å²) < 4.78 is 0. The summed E-state index contributed by atoms with van der Waals surface area (Å²) in [6.07, 6.45) is 0.900. The van der Waals surface area contributed by atoms with E-state index in [2.05, 4.69) is 11.0 Å². The van der Waals surface area contributed by atoms with Gasteiger partial charge >= 0.3 is 0 Å². The number of benzene rings is 2. The second-order valence-corrected chi connectivity index (χ2v) is 5.16. The summed E-state index contributed by atoms with van der Waals surface area (Å²) in [4.78, 5) is 12.5. The molecular formula is C15H16N4O2. The van der Waals surface area contributed by atoms with E-state index in [4.69, 9.17) is 11.5 Å². The average Bonchev–Trinajstić information content (AvgIpc) is 2.47. The first-order valence-corrected chi connectivity index (χ1v) is 6.71. The van der Waals surface area contributed by atoms with Crippen LogP contribution in [0.4, 0.5) is 22.7 Å². The van der Waals surface area contributed by atoms with E-state index in [1.54, 1.807) is 12.1 Å². The first kappa shape index (κ1) is 13.2. The van der Waals surface area contributed by atoms with Crippen molar-refractivity contribution in [2.24, 2.45) is 0 Å². The number of anilines is 3. The van der Waals surface area contributed by atoms with Gasteiger partial charge in [-0.3, -0.25) is 10.1 Å². The molecular weight excluding hydrogens is 268 g/mol. The van der Waals surface area contributed by atoms with Crippen LogP contribution in [-0.4, -0.2) is 11.5 Å². The average molecular weight is 284 g/mol. The third-order valence-corrected chi connectivity index (χ3v) is 3.88. The molecule has 0 amide bonds. The molecule has 0 bridgehead atoms. The second kappa shape index (κ2) is 4.97. The molecule has 1 heterocycles. The van der Waals surface area contributed by atoms with Crippen molar-refractivity contribution >= 4 is 22.7 Å². The Morgan fingerprint density at radius 1 is 1.14 bits per heavy atom. The first-order valence-electron chi connectivity index (χ1n) is 6.71. The minimum Gasteiger partial charge on any atom is -0.398 e. The van der Waals surface area contributed by atoms with Crippen LogP contribution in [0.3, 0.4) is 0 Å². The molecule has 0 unspecified atom stereocenters. The van der Waals surface area contributed by atoms with Gasteiger partial charge in [0.05, 0.1) is 4.92 Å². The molecule has 0 aromatic heterocycles. The van der Waals surface area contributed by atoms with E-state index < -0.39 is 4.92 Å². The van der Waals surface area contributed by atoms with Gasteiger partial charge in [-0.05, 0) is 35.7 Å². The predicted octanol–water partition coefficient (Wildman–Crippen LogP) is 2.32. The summed E-state index contributed by atoms with van der Waals surface area (Å²) in [5.74, 6) is 0. The van der Waals surface area contributed by atoms with E-state index in [1.807, 2.05) is 12.1 Å². The fraction of sp³-hybridized carbons (Fsp3) is 0.200. The number of hydrogen-bond donors (Lipinski definition) is 2. The van der Waals surface area contributed by atoms with E-state index >= 15 is 0 Å². The van der Waals surface area contributed by atoms with Gasteiger partial charge in [0, 0.05) is 30.5 Å². The number of nitrogens with two attached hydrogens (primary N) is 2. The molecule has 0 radical (unpaired) electrons. The van der Waals surface area contributed by atoms with Gasteiger partial charge in [-0.2, -0.15) is 0 Å². The van der Waals surface area contributed by atoms with E-state index in [0.717, 1.165) is 29.9 Å². The zero-order valence-electron chi connectivity index (χ0n) is 11.5. The molecule has 6 heteroatoms. The Kier molecular flexibility index (Phi) is 3.13. The Morgan fingerprint density at radius 2 is 1.95 bits per heavy atom. The highest BCUT2D eigenvalue weighted by Gasteiger charge is 2.20. The van der Waals surface area contributed by atoms with Gasteiger partial charge in [0.2, 0.25) is 0 Å². The summed E-state index contributed by atoms with van der Waals surface area (Å²) in [5, 5.41) is 10.8. The van der Waals surface area contributed by atoms with Crippen molar-refractivity contribution in [2.75, 3.05) is 22.9 Å². The van der Waals surface area contributed by atoms with E-state index in [1.165, 1.54) is 11.6 Å². The van der Waals surface area contributed by atoms with Crippen LogP contribution in [-0.2, 0) is 13.0 Å². The molecule has 6 nitrogen and oxygen atoms in total. The van der Waals surface area contributed by atoms with E-state index in [0.29, 0.717) is 6.54 Å². The third-order valence-electron chi connectivity index (χ3n) is 3.88. The summed E-state index contributed by atoms with van der Waals surface area (Å²) in [6.45, 7) is 1.53. The summed E-state index contributed by atoms with van der Waals surface area (Å²) in [6, 6.07) is 10.8. The molecule has 0 saturated carbocycles. The lowest BCUT2D eigenvalue weighted by molar-refractivity contribution is -0.383. The summed E-state index contributed by atoms with van der Waals surface area (Å²) >= 11 is 0. The number of nitro groups is 1. The van der Waals surface area contributed by atoms with Gasteiger partial charge in [-0.1, -0.05) is 12.1 Å². The zero-order chi connectivity index (χ0) is 15.0. The van der Waals surface area contributed by atoms with Crippen molar-refractivity contribution in [2.45, 2.75) is 13.0 Å². The zero-order valence-corrected chi connectivity index (χ0v) is 11.5. The standard InChI is InChI=1S/C15H16N4O2/c16-13-3-1-2-10-6-7-18(9-12(10)13)11-4-5-15(19(20)21)14(17)8-11/h1-5,8H,6-7,9,16-17H2. The minimum atomic E-state index is -0.470. The number of nitro benzene ring substituents is 1. The lowest BCUT2D eigenvalue weighted by Gasteiger charge is -2.31. The molecule has 3 rings (SSSR count). The molecule has 0 saturated heterocycles. The van der Waals surface area contributed by atoms with Crippen molar-refractivity contribution in [1.82, 2.24) is 0 Å². The van der Waals surface area contributed by atoms with Crippen molar-refractivity contribution in [1.29, 1.82) is 0 Å². The van der Waals surface area contributed by atoms with Crippen molar-refractivity contribution in [3.8, 4) is 0 Å². The van der Waals surface area contributed by atoms with Crippen LogP contribution >= 0.6 is 0 Å². The minimum absolute atomic E-state index is 0.0596. The highest BCUT2D eigenvalue weighted by molar-refractivity contribution is 5.67. The number of rotatable bonds is 2. The van der Waals surface area contributed by atoms with Crippen molar-refractivity contribution in [3.63, 3.8) is 0 Å². The van der Waals surface area contributed by atoms with E-state index in [9.17, 15) is 10.1 Å². The maximum absolute atomic E-state index is 10.8. The monoisotopic (exact) mass is 284 g/mol. The molecule has 2 aromatic rings. The quantitative estimate of drug-likeness (QED) is 0.501. The number of nitrogens with zero attached hydrogens (tertiary/aromatic N) is 2. The maximum atomic E-state index is 10.8. The van der Waals surface area contributed by atoms with Crippen LogP contribution in [0.1, 0.15) is 11.1 Å². The highest BCUT2D eigenvalue weighted by Crippen LogP contribution is 2.31. The number of fused-ring (bicyclic) bond motifs is 1. The number of nitrogen functional groups attached to an aromatic ring is 2. The topological polar surface area (TPSA) is 98.4 Å².